The second kappa shape index (κ2) is 12.1. The lowest BCUT2D eigenvalue weighted by Gasteiger charge is -2.38. The SMILES string of the molecule is Cc1c(O)c(C=O)c(C)c2c1CCC(C)(CCCC(C)CCCC(C)CCCC(C)C)O2. The molecule has 0 fully saturated rings. The summed E-state index contributed by atoms with van der Waals surface area (Å²) >= 11 is 0. The normalized spacial score (nSPS) is 20.0. The van der Waals surface area contributed by atoms with E-state index in [-0.39, 0.29) is 11.4 Å². The summed E-state index contributed by atoms with van der Waals surface area (Å²) in [5.41, 5.74) is 2.82. The molecule has 182 valence electrons. The van der Waals surface area contributed by atoms with Gasteiger partial charge in [0.05, 0.1) is 5.56 Å². The Hall–Kier alpha value is -1.51. The Labute approximate surface area is 197 Å². The number of carbonyl (C=O) groups excluding carboxylic acids is 1. The third-order valence-corrected chi connectivity index (χ3v) is 7.73. The zero-order valence-corrected chi connectivity index (χ0v) is 21.9. The summed E-state index contributed by atoms with van der Waals surface area (Å²) in [6.45, 7) is 15.4. The molecule has 0 radical (unpaired) electrons. The van der Waals surface area contributed by atoms with Crippen LogP contribution in [0.5, 0.6) is 11.5 Å². The van der Waals surface area contributed by atoms with Crippen LogP contribution in [-0.2, 0) is 6.42 Å². The van der Waals surface area contributed by atoms with Crippen LogP contribution in [0.25, 0.3) is 0 Å². The molecule has 2 rings (SSSR count). The molecular weight excluding hydrogens is 396 g/mol. The predicted molar refractivity (Wildman–Crippen MR) is 135 cm³/mol. The number of ether oxygens (including phenoxy) is 1. The molecule has 0 saturated carbocycles. The van der Waals surface area contributed by atoms with Crippen LogP contribution >= 0.6 is 0 Å². The van der Waals surface area contributed by atoms with E-state index in [4.69, 9.17) is 4.74 Å². The van der Waals surface area contributed by atoms with Gasteiger partial charge in [-0.25, -0.2) is 0 Å². The van der Waals surface area contributed by atoms with Gasteiger partial charge >= 0.3 is 0 Å². The number of benzene rings is 1. The molecule has 0 aliphatic carbocycles. The third-order valence-electron chi connectivity index (χ3n) is 7.73. The van der Waals surface area contributed by atoms with Crippen molar-refractivity contribution in [1.82, 2.24) is 0 Å². The van der Waals surface area contributed by atoms with E-state index in [9.17, 15) is 9.90 Å². The number of aldehydes is 1. The van der Waals surface area contributed by atoms with Crippen LogP contribution in [0, 0.1) is 31.6 Å². The highest BCUT2D eigenvalue weighted by molar-refractivity contribution is 5.84. The van der Waals surface area contributed by atoms with E-state index in [1.165, 1.54) is 51.4 Å². The maximum absolute atomic E-state index is 11.5. The summed E-state index contributed by atoms with van der Waals surface area (Å²) in [7, 11) is 0. The molecule has 0 bridgehead atoms. The van der Waals surface area contributed by atoms with E-state index in [0.29, 0.717) is 5.56 Å². The van der Waals surface area contributed by atoms with Gasteiger partial charge < -0.3 is 9.84 Å². The minimum atomic E-state index is -0.189. The average molecular weight is 445 g/mol. The van der Waals surface area contributed by atoms with E-state index in [2.05, 4.69) is 34.6 Å². The Morgan fingerprint density at radius 1 is 0.938 bits per heavy atom. The number of phenols is 1. The summed E-state index contributed by atoms with van der Waals surface area (Å²) in [6, 6.07) is 0. The molecule has 0 saturated heterocycles. The molecule has 1 N–H and O–H groups in total. The average Bonchev–Trinajstić information content (AvgIpc) is 2.72. The van der Waals surface area contributed by atoms with Gasteiger partial charge in [-0.15, -0.1) is 0 Å². The Kier molecular flexibility index (Phi) is 10.1. The van der Waals surface area contributed by atoms with Gasteiger partial charge in [0, 0.05) is 11.1 Å². The standard InChI is InChI=1S/C29H48O3/c1-20(2)11-8-12-21(3)13-9-14-22(4)15-10-17-29(7)18-16-25-23(5)27(31)26(19-30)24(6)28(25)32-29/h19-22,31H,8-18H2,1-7H3. The molecule has 3 atom stereocenters. The van der Waals surface area contributed by atoms with Crippen LogP contribution < -0.4 is 4.74 Å². The minimum Gasteiger partial charge on any atom is -0.507 e. The van der Waals surface area contributed by atoms with Crippen molar-refractivity contribution in [2.24, 2.45) is 17.8 Å². The number of hydrogen-bond acceptors (Lipinski definition) is 3. The molecule has 1 aromatic carbocycles. The number of fused-ring (bicyclic) bond motifs is 1. The summed E-state index contributed by atoms with van der Waals surface area (Å²) in [5, 5.41) is 10.3. The van der Waals surface area contributed by atoms with Crippen LogP contribution in [0.15, 0.2) is 0 Å². The number of hydrogen-bond donors (Lipinski definition) is 1. The van der Waals surface area contributed by atoms with Gasteiger partial charge in [-0.2, -0.15) is 0 Å². The summed E-state index contributed by atoms with van der Waals surface area (Å²) in [4.78, 5) is 11.5. The van der Waals surface area contributed by atoms with Crippen molar-refractivity contribution >= 4 is 6.29 Å². The Morgan fingerprint density at radius 3 is 2.06 bits per heavy atom. The van der Waals surface area contributed by atoms with E-state index >= 15 is 0 Å². The Bertz CT molecular complexity index is 752. The lowest BCUT2D eigenvalue weighted by Crippen LogP contribution is -2.37. The first-order valence-corrected chi connectivity index (χ1v) is 13.1. The number of phenolic OH excluding ortho intramolecular Hbond substituents is 1. The fraction of sp³-hybridized carbons (Fsp3) is 0.759. The van der Waals surface area contributed by atoms with E-state index < -0.39 is 0 Å². The third kappa shape index (κ3) is 7.25. The lowest BCUT2D eigenvalue weighted by molar-refractivity contribution is 0.0511. The quantitative estimate of drug-likeness (QED) is 0.311. The molecule has 32 heavy (non-hydrogen) atoms. The molecule has 0 amide bonds. The minimum absolute atomic E-state index is 0.117. The van der Waals surface area contributed by atoms with Crippen LogP contribution in [-0.4, -0.2) is 17.0 Å². The van der Waals surface area contributed by atoms with Gasteiger partial charge in [0.2, 0.25) is 0 Å². The van der Waals surface area contributed by atoms with Gasteiger partial charge in [-0.05, 0) is 69.8 Å². The van der Waals surface area contributed by atoms with Gasteiger partial charge in [-0.3, -0.25) is 4.79 Å². The largest absolute Gasteiger partial charge is 0.507 e. The molecule has 3 unspecified atom stereocenters. The van der Waals surface area contributed by atoms with Crippen molar-refractivity contribution in [3.63, 3.8) is 0 Å². The van der Waals surface area contributed by atoms with Crippen LogP contribution in [0.1, 0.15) is 126 Å². The number of rotatable bonds is 13. The summed E-state index contributed by atoms with van der Waals surface area (Å²) in [5.74, 6) is 3.40. The Morgan fingerprint density at radius 2 is 1.50 bits per heavy atom. The van der Waals surface area contributed by atoms with Crippen molar-refractivity contribution in [2.45, 2.75) is 125 Å². The number of aromatic hydroxyl groups is 1. The van der Waals surface area contributed by atoms with Crippen molar-refractivity contribution in [3.05, 3.63) is 22.3 Å². The fourth-order valence-corrected chi connectivity index (χ4v) is 5.29. The van der Waals surface area contributed by atoms with Crippen LogP contribution in [0.4, 0.5) is 0 Å². The van der Waals surface area contributed by atoms with E-state index in [1.54, 1.807) is 0 Å². The maximum atomic E-state index is 11.5. The van der Waals surface area contributed by atoms with Crippen molar-refractivity contribution in [3.8, 4) is 11.5 Å². The van der Waals surface area contributed by atoms with Crippen molar-refractivity contribution in [1.29, 1.82) is 0 Å². The lowest BCUT2D eigenvalue weighted by atomic mass is 9.83. The molecule has 1 aromatic rings. The van der Waals surface area contributed by atoms with Gasteiger partial charge in [0.25, 0.3) is 0 Å². The number of carbonyl (C=O) groups is 1. The van der Waals surface area contributed by atoms with Crippen LogP contribution in [0.3, 0.4) is 0 Å². The highest BCUT2D eigenvalue weighted by atomic mass is 16.5. The predicted octanol–water partition coefficient (Wildman–Crippen LogP) is 8.34. The van der Waals surface area contributed by atoms with Crippen LogP contribution in [0.2, 0.25) is 0 Å². The molecule has 0 aromatic heterocycles. The molecule has 1 aliphatic heterocycles. The molecule has 1 heterocycles. The first-order chi connectivity index (χ1) is 15.1. The molecular formula is C29H48O3. The topological polar surface area (TPSA) is 46.5 Å². The van der Waals surface area contributed by atoms with Crippen molar-refractivity contribution in [2.75, 3.05) is 0 Å². The van der Waals surface area contributed by atoms with E-state index in [1.807, 2.05) is 13.8 Å². The van der Waals surface area contributed by atoms with Crippen molar-refractivity contribution < 1.29 is 14.6 Å². The highest BCUT2D eigenvalue weighted by Crippen LogP contribution is 2.44. The molecule has 0 spiro atoms. The van der Waals surface area contributed by atoms with Gasteiger partial charge in [-0.1, -0.05) is 72.6 Å². The second-order valence-electron chi connectivity index (χ2n) is 11.3. The highest BCUT2D eigenvalue weighted by Gasteiger charge is 2.34. The maximum Gasteiger partial charge on any atom is 0.154 e. The first-order valence-electron chi connectivity index (χ1n) is 13.1. The Balaban J connectivity index is 1.78. The zero-order chi connectivity index (χ0) is 23.9. The molecule has 3 heteroatoms. The molecule has 3 nitrogen and oxygen atoms in total. The van der Waals surface area contributed by atoms with Gasteiger partial charge in [0.1, 0.15) is 17.1 Å². The summed E-state index contributed by atoms with van der Waals surface area (Å²) < 4.78 is 6.51. The second-order valence-corrected chi connectivity index (χ2v) is 11.3. The molecule has 1 aliphatic rings. The summed E-state index contributed by atoms with van der Waals surface area (Å²) in [6.07, 6.45) is 14.2. The fourth-order valence-electron chi connectivity index (χ4n) is 5.29. The monoisotopic (exact) mass is 444 g/mol. The van der Waals surface area contributed by atoms with E-state index in [0.717, 1.165) is 65.7 Å². The first kappa shape index (κ1) is 26.7. The zero-order valence-electron chi connectivity index (χ0n) is 21.9. The smallest absolute Gasteiger partial charge is 0.154 e. The van der Waals surface area contributed by atoms with Gasteiger partial charge in [0.15, 0.2) is 6.29 Å².